The van der Waals surface area contributed by atoms with Crippen LogP contribution in [0, 0.1) is 21.8 Å². The van der Waals surface area contributed by atoms with Gasteiger partial charge in [0.05, 0.1) is 11.0 Å². The van der Waals surface area contributed by atoms with Crippen LogP contribution in [0.15, 0.2) is 18.2 Å². The minimum atomic E-state index is -0.513. The largest absolute Gasteiger partial charge is 0.368 e. The molecule has 23 heavy (non-hydrogen) atoms. The molecule has 2 aliphatic rings. The molecule has 0 spiro atoms. The molecule has 1 saturated heterocycles. The highest BCUT2D eigenvalue weighted by Crippen LogP contribution is 2.41. The third-order valence-electron chi connectivity index (χ3n) is 5.14. The summed E-state index contributed by atoms with van der Waals surface area (Å²) in [5, 5.41) is 11.2. The van der Waals surface area contributed by atoms with Gasteiger partial charge < -0.3 is 5.73 Å². The second kappa shape index (κ2) is 6.23. The second-order valence-electron chi connectivity index (χ2n) is 6.47. The molecule has 1 aromatic carbocycles. The molecule has 124 valence electrons. The standard InChI is InChI=1S/C16H20FN3O3/c17-12-5-6-14(20(22)23)11(7-12)9-19-13-4-2-1-3-10(13)8-15(19)16(18)21/h5-7,10,13,15H,1-4,8-9H2,(H2,18,21)/t10-,13-,15+/m1/s1. The van der Waals surface area contributed by atoms with E-state index in [0.29, 0.717) is 17.9 Å². The molecule has 0 radical (unpaired) electrons. The Morgan fingerprint density at radius 2 is 2.13 bits per heavy atom. The number of nitro groups is 1. The summed E-state index contributed by atoms with van der Waals surface area (Å²) in [6.07, 6.45) is 4.92. The number of nitrogens with zero attached hydrogens (tertiary/aromatic N) is 2. The molecular formula is C16H20FN3O3. The van der Waals surface area contributed by atoms with E-state index in [1.165, 1.54) is 12.1 Å². The number of carbonyl (C=O) groups excluding carboxylic acids is 1. The van der Waals surface area contributed by atoms with Crippen molar-refractivity contribution in [3.63, 3.8) is 0 Å². The molecule has 2 fully saturated rings. The van der Waals surface area contributed by atoms with Crippen LogP contribution in [0.1, 0.15) is 37.7 Å². The third kappa shape index (κ3) is 3.06. The van der Waals surface area contributed by atoms with E-state index in [9.17, 15) is 19.3 Å². The molecule has 2 N–H and O–H groups in total. The zero-order valence-electron chi connectivity index (χ0n) is 12.8. The molecular weight excluding hydrogens is 301 g/mol. The van der Waals surface area contributed by atoms with Crippen LogP contribution in [-0.4, -0.2) is 27.8 Å². The number of benzene rings is 1. The van der Waals surface area contributed by atoms with E-state index in [1.54, 1.807) is 0 Å². The summed E-state index contributed by atoms with van der Waals surface area (Å²) in [7, 11) is 0. The SMILES string of the molecule is NC(=O)[C@@H]1C[C@H]2CCCC[C@H]2N1Cc1cc(F)ccc1[N+](=O)[O-]. The van der Waals surface area contributed by atoms with Crippen LogP contribution in [0.4, 0.5) is 10.1 Å². The molecule has 0 aromatic heterocycles. The summed E-state index contributed by atoms with van der Waals surface area (Å²) in [5.74, 6) is -0.520. The van der Waals surface area contributed by atoms with E-state index in [2.05, 4.69) is 0 Å². The van der Waals surface area contributed by atoms with Crippen LogP contribution in [0.3, 0.4) is 0 Å². The highest BCUT2D eigenvalue weighted by Gasteiger charge is 2.44. The number of hydrogen-bond donors (Lipinski definition) is 1. The molecule has 6 nitrogen and oxygen atoms in total. The number of nitro benzene ring substituents is 1. The molecule has 1 saturated carbocycles. The molecule has 0 unspecified atom stereocenters. The Bertz CT molecular complexity index is 637. The molecule has 0 bridgehead atoms. The van der Waals surface area contributed by atoms with Gasteiger partial charge in [-0.05, 0) is 37.3 Å². The number of hydrogen-bond acceptors (Lipinski definition) is 4. The number of amides is 1. The zero-order chi connectivity index (χ0) is 16.6. The summed E-state index contributed by atoms with van der Waals surface area (Å²) in [6, 6.07) is 3.22. The topological polar surface area (TPSA) is 89.5 Å². The Morgan fingerprint density at radius 1 is 1.39 bits per heavy atom. The van der Waals surface area contributed by atoms with Crippen molar-refractivity contribution in [3.8, 4) is 0 Å². The maximum atomic E-state index is 13.5. The van der Waals surface area contributed by atoms with Gasteiger partial charge >= 0.3 is 0 Å². The van der Waals surface area contributed by atoms with Crippen LogP contribution < -0.4 is 5.73 Å². The highest BCUT2D eigenvalue weighted by molar-refractivity contribution is 5.80. The first-order valence-corrected chi connectivity index (χ1v) is 7.95. The smallest absolute Gasteiger partial charge is 0.274 e. The van der Waals surface area contributed by atoms with Gasteiger partial charge in [0.15, 0.2) is 0 Å². The molecule has 1 aliphatic heterocycles. The summed E-state index contributed by atoms with van der Waals surface area (Å²) in [6.45, 7) is 0.183. The lowest BCUT2D eigenvalue weighted by molar-refractivity contribution is -0.385. The van der Waals surface area contributed by atoms with Crippen LogP contribution >= 0.6 is 0 Å². The predicted octanol–water partition coefficient (Wildman–Crippen LogP) is 2.35. The van der Waals surface area contributed by atoms with Crippen molar-refractivity contribution in [2.24, 2.45) is 11.7 Å². The van der Waals surface area contributed by atoms with Crippen molar-refractivity contribution in [1.82, 2.24) is 4.90 Å². The van der Waals surface area contributed by atoms with Crippen molar-refractivity contribution in [2.75, 3.05) is 0 Å². The molecule has 3 rings (SSSR count). The fourth-order valence-electron chi connectivity index (χ4n) is 4.12. The zero-order valence-corrected chi connectivity index (χ0v) is 12.8. The summed E-state index contributed by atoms with van der Waals surface area (Å²) in [5.41, 5.74) is 5.72. The van der Waals surface area contributed by atoms with Crippen molar-refractivity contribution >= 4 is 11.6 Å². The van der Waals surface area contributed by atoms with Crippen molar-refractivity contribution in [2.45, 2.75) is 50.7 Å². The number of rotatable bonds is 4. The van der Waals surface area contributed by atoms with Gasteiger partial charge in [-0.2, -0.15) is 0 Å². The number of likely N-dealkylation sites (tertiary alicyclic amines) is 1. The summed E-state index contributed by atoms with van der Waals surface area (Å²) < 4.78 is 13.5. The normalized spacial score (nSPS) is 27.6. The van der Waals surface area contributed by atoms with E-state index in [0.717, 1.165) is 31.7 Å². The Labute approximate surface area is 133 Å². The first-order chi connectivity index (χ1) is 11.0. The number of carbonyl (C=O) groups is 1. The molecule has 3 atom stereocenters. The van der Waals surface area contributed by atoms with Gasteiger partial charge in [-0.25, -0.2) is 4.39 Å². The Hall–Kier alpha value is -2.02. The van der Waals surface area contributed by atoms with E-state index >= 15 is 0 Å². The molecule has 1 heterocycles. The predicted molar refractivity (Wildman–Crippen MR) is 81.9 cm³/mol. The Kier molecular flexibility index (Phi) is 4.30. The minimum absolute atomic E-state index is 0.117. The fraction of sp³-hybridized carbons (Fsp3) is 0.562. The molecule has 1 amide bonds. The van der Waals surface area contributed by atoms with E-state index in [-0.39, 0.29) is 18.3 Å². The van der Waals surface area contributed by atoms with Crippen LogP contribution in [0.5, 0.6) is 0 Å². The van der Waals surface area contributed by atoms with Gasteiger partial charge in [-0.1, -0.05) is 12.8 Å². The van der Waals surface area contributed by atoms with Gasteiger partial charge in [-0.15, -0.1) is 0 Å². The lowest BCUT2D eigenvalue weighted by Gasteiger charge is -2.33. The Morgan fingerprint density at radius 3 is 2.83 bits per heavy atom. The van der Waals surface area contributed by atoms with Crippen molar-refractivity contribution < 1.29 is 14.1 Å². The minimum Gasteiger partial charge on any atom is -0.368 e. The Balaban J connectivity index is 1.91. The van der Waals surface area contributed by atoms with E-state index < -0.39 is 22.7 Å². The van der Waals surface area contributed by atoms with Gasteiger partial charge in [-0.3, -0.25) is 19.8 Å². The number of fused-ring (bicyclic) bond motifs is 1. The number of nitrogens with two attached hydrogens (primary N) is 1. The van der Waals surface area contributed by atoms with Crippen molar-refractivity contribution in [1.29, 1.82) is 0 Å². The van der Waals surface area contributed by atoms with Gasteiger partial charge in [0, 0.05) is 24.2 Å². The monoisotopic (exact) mass is 321 g/mol. The van der Waals surface area contributed by atoms with Crippen LogP contribution in [-0.2, 0) is 11.3 Å². The number of halogens is 1. The average molecular weight is 321 g/mol. The molecule has 1 aliphatic carbocycles. The lowest BCUT2D eigenvalue weighted by Crippen LogP contribution is -2.44. The second-order valence-corrected chi connectivity index (χ2v) is 6.47. The van der Waals surface area contributed by atoms with Crippen LogP contribution in [0.2, 0.25) is 0 Å². The third-order valence-corrected chi connectivity index (χ3v) is 5.14. The maximum Gasteiger partial charge on any atom is 0.274 e. The van der Waals surface area contributed by atoms with E-state index in [4.69, 9.17) is 5.73 Å². The molecule has 1 aromatic rings. The lowest BCUT2D eigenvalue weighted by atomic mass is 9.84. The number of primary amides is 1. The van der Waals surface area contributed by atoms with Crippen molar-refractivity contribution in [3.05, 3.63) is 39.7 Å². The highest BCUT2D eigenvalue weighted by atomic mass is 19.1. The van der Waals surface area contributed by atoms with E-state index in [1.807, 2.05) is 4.90 Å². The molecule has 7 heteroatoms. The van der Waals surface area contributed by atoms with Crippen LogP contribution in [0.25, 0.3) is 0 Å². The van der Waals surface area contributed by atoms with Gasteiger partial charge in [0.2, 0.25) is 5.91 Å². The maximum absolute atomic E-state index is 13.5. The van der Waals surface area contributed by atoms with Gasteiger partial charge in [0.25, 0.3) is 5.69 Å². The first kappa shape index (κ1) is 15.9. The summed E-state index contributed by atoms with van der Waals surface area (Å²) in [4.78, 5) is 24.4. The fourth-order valence-corrected chi connectivity index (χ4v) is 4.12. The first-order valence-electron chi connectivity index (χ1n) is 7.95. The van der Waals surface area contributed by atoms with Gasteiger partial charge in [0.1, 0.15) is 5.82 Å². The quantitative estimate of drug-likeness (QED) is 0.681. The summed E-state index contributed by atoms with van der Waals surface area (Å²) >= 11 is 0. The average Bonchev–Trinajstić information content (AvgIpc) is 2.86.